The summed E-state index contributed by atoms with van der Waals surface area (Å²) in [5.41, 5.74) is 1.93. The molecule has 0 fully saturated rings. The van der Waals surface area contributed by atoms with Crippen molar-refractivity contribution in [3.63, 3.8) is 0 Å². The third kappa shape index (κ3) is 4.77. The van der Waals surface area contributed by atoms with E-state index in [-0.39, 0.29) is 19.1 Å². The Morgan fingerprint density at radius 1 is 1.19 bits per heavy atom. The third-order valence-corrected chi connectivity index (χ3v) is 6.06. The van der Waals surface area contributed by atoms with Crippen LogP contribution in [0.3, 0.4) is 0 Å². The molecule has 0 radical (unpaired) electrons. The first kappa shape index (κ1) is 23.7. The summed E-state index contributed by atoms with van der Waals surface area (Å²) in [5, 5.41) is 2.73. The van der Waals surface area contributed by atoms with Crippen LogP contribution in [0.2, 0.25) is 0 Å². The maximum atomic E-state index is 12.8. The minimum atomic E-state index is -0.409. The van der Waals surface area contributed by atoms with Crippen molar-refractivity contribution < 1.29 is 23.8 Å². The highest BCUT2D eigenvalue weighted by molar-refractivity contribution is 8.16. The molecule has 0 saturated heterocycles. The van der Waals surface area contributed by atoms with Crippen molar-refractivity contribution in [1.29, 1.82) is 0 Å². The number of hydrogen-bond acceptors (Lipinski definition) is 8. The molecule has 172 valence electrons. The molecule has 0 aromatic heterocycles. The molecule has 2 aliphatic rings. The normalized spacial score (nSPS) is 17.1. The minimum Gasteiger partial charge on any atom is -0.493 e. The summed E-state index contributed by atoms with van der Waals surface area (Å²) >= 11 is 1.50. The summed E-state index contributed by atoms with van der Waals surface area (Å²) in [5.74, 6) is 0.464. The van der Waals surface area contributed by atoms with Crippen molar-refractivity contribution in [2.45, 2.75) is 33.7 Å². The fraction of sp³-hybridized carbons (Fsp3) is 0.435. The number of hydrogen-bond donors (Lipinski definition) is 0. The number of rotatable bonds is 9. The molecular formula is C23H29N3O5S. The Morgan fingerprint density at radius 2 is 1.94 bits per heavy atom. The largest absolute Gasteiger partial charge is 0.493 e. The number of ether oxygens (including phenoxy) is 3. The number of likely N-dealkylation sites (N-methyl/N-ethyl adjacent to an activating group) is 1. The Morgan fingerprint density at radius 3 is 2.59 bits per heavy atom. The fourth-order valence-electron chi connectivity index (χ4n) is 3.68. The van der Waals surface area contributed by atoms with Gasteiger partial charge in [-0.2, -0.15) is 0 Å². The van der Waals surface area contributed by atoms with Crippen LogP contribution in [-0.4, -0.2) is 60.3 Å². The highest BCUT2D eigenvalue weighted by atomic mass is 32.2. The second kappa shape index (κ2) is 10.6. The van der Waals surface area contributed by atoms with Gasteiger partial charge in [0.25, 0.3) is 5.91 Å². The summed E-state index contributed by atoms with van der Waals surface area (Å²) in [6.45, 7) is 8.92. The number of aliphatic imine (C=N–C) groups is 1. The lowest BCUT2D eigenvalue weighted by Gasteiger charge is -2.33. The molecule has 3 rings (SSSR count). The van der Waals surface area contributed by atoms with Crippen molar-refractivity contribution >= 4 is 28.8 Å². The molecule has 1 amide bonds. The van der Waals surface area contributed by atoms with E-state index >= 15 is 0 Å². The third-order valence-electron chi connectivity index (χ3n) is 5.29. The predicted octanol–water partition coefficient (Wildman–Crippen LogP) is 3.71. The summed E-state index contributed by atoms with van der Waals surface area (Å²) in [4.78, 5) is 33.3. The van der Waals surface area contributed by atoms with Gasteiger partial charge in [0.15, 0.2) is 23.3 Å². The average Bonchev–Trinajstić information content (AvgIpc) is 3.25. The van der Waals surface area contributed by atoms with Gasteiger partial charge < -0.3 is 24.0 Å². The first-order valence-electron chi connectivity index (χ1n) is 10.6. The molecular weight excluding hydrogens is 430 g/mol. The standard InChI is InChI=1S/C23H29N3O5S/c1-6-25(7-2)19(27)14-31-17-10-9-16(13-18(17)29-5)21-20(22(28)30-8-3)15(4)24-23-26(21)11-12-32-23/h9-13,21H,6-8,14H2,1-5H3/t21-/m1/s1. The van der Waals surface area contributed by atoms with Gasteiger partial charge in [0.05, 0.1) is 31.0 Å². The Balaban J connectivity index is 1.92. The van der Waals surface area contributed by atoms with Crippen LogP contribution < -0.4 is 9.47 Å². The number of fused-ring (bicyclic) bond motifs is 1. The Hall–Kier alpha value is -2.94. The molecule has 1 atom stereocenters. The van der Waals surface area contributed by atoms with Gasteiger partial charge in [-0.05, 0) is 50.8 Å². The molecule has 0 spiro atoms. The molecule has 2 aliphatic heterocycles. The van der Waals surface area contributed by atoms with Gasteiger partial charge in [-0.25, -0.2) is 9.79 Å². The van der Waals surface area contributed by atoms with E-state index in [2.05, 4.69) is 4.99 Å². The van der Waals surface area contributed by atoms with Crippen LogP contribution in [0.15, 0.2) is 46.1 Å². The Kier molecular flexibility index (Phi) is 7.84. The van der Waals surface area contributed by atoms with Crippen LogP contribution in [0.25, 0.3) is 0 Å². The predicted molar refractivity (Wildman–Crippen MR) is 124 cm³/mol. The lowest BCUT2D eigenvalue weighted by Crippen LogP contribution is -2.34. The van der Waals surface area contributed by atoms with Crippen molar-refractivity contribution in [2.24, 2.45) is 4.99 Å². The van der Waals surface area contributed by atoms with Crippen LogP contribution in [0.4, 0.5) is 0 Å². The van der Waals surface area contributed by atoms with E-state index in [0.29, 0.717) is 35.9 Å². The van der Waals surface area contributed by atoms with Crippen LogP contribution in [0.5, 0.6) is 11.5 Å². The SMILES string of the molecule is CCOC(=O)C1=C(C)N=C2SC=CN2[C@@H]1c1ccc(OCC(=O)N(CC)CC)c(OC)c1. The smallest absolute Gasteiger partial charge is 0.338 e. The molecule has 0 bridgehead atoms. The lowest BCUT2D eigenvalue weighted by molar-refractivity contribution is -0.139. The molecule has 9 heteroatoms. The highest BCUT2D eigenvalue weighted by Gasteiger charge is 2.37. The quantitative estimate of drug-likeness (QED) is 0.521. The molecule has 32 heavy (non-hydrogen) atoms. The lowest BCUT2D eigenvalue weighted by atomic mass is 9.94. The van der Waals surface area contributed by atoms with Crippen molar-refractivity contribution in [3.8, 4) is 11.5 Å². The van der Waals surface area contributed by atoms with Crippen molar-refractivity contribution in [2.75, 3.05) is 33.4 Å². The molecule has 0 unspecified atom stereocenters. The van der Waals surface area contributed by atoms with Crippen LogP contribution in [0.1, 0.15) is 39.3 Å². The monoisotopic (exact) mass is 459 g/mol. The number of methoxy groups -OCH3 is 1. The van der Waals surface area contributed by atoms with E-state index in [1.807, 2.05) is 49.4 Å². The van der Waals surface area contributed by atoms with E-state index in [9.17, 15) is 9.59 Å². The summed E-state index contributed by atoms with van der Waals surface area (Å²) in [6.07, 6.45) is 1.90. The number of carbonyl (C=O) groups excluding carboxylic acids is 2. The first-order chi connectivity index (χ1) is 15.4. The van der Waals surface area contributed by atoms with Crippen molar-refractivity contribution in [3.05, 3.63) is 46.6 Å². The van der Waals surface area contributed by atoms with E-state index in [1.165, 1.54) is 11.8 Å². The number of amides is 1. The van der Waals surface area contributed by atoms with E-state index in [1.54, 1.807) is 25.0 Å². The number of allylic oxidation sites excluding steroid dienone is 1. The number of esters is 1. The van der Waals surface area contributed by atoms with Gasteiger partial charge in [0.1, 0.15) is 0 Å². The van der Waals surface area contributed by atoms with Gasteiger partial charge in [0.2, 0.25) is 0 Å². The summed E-state index contributed by atoms with van der Waals surface area (Å²) in [6, 6.07) is 5.05. The number of thioether (sulfide) groups is 1. The van der Waals surface area contributed by atoms with E-state index < -0.39 is 12.0 Å². The molecule has 0 aliphatic carbocycles. The van der Waals surface area contributed by atoms with Crippen LogP contribution >= 0.6 is 11.8 Å². The van der Waals surface area contributed by atoms with Crippen LogP contribution in [0, 0.1) is 0 Å². The van der Waals surface area contributed by atoms with Gasteiger partial charge in [-0.1, -0.05) is 17.8 Å². The second-order valence-corrected chi connectivity index (χ2v) is 7.96. The fourth-order valence-corrected chi connectivity index (χ4v) is 4.47. The van der Waals surface area contributed by atoms with Gasteiger partial charge in [0, 0.05) is 19.3 Å². The zero-order valence-corrected chi connectivity index (χ0v) is 19.9. The van der Waals surface area contributed by atoms with Crippen molar-refractivity contribution in [1.82, 2.24) is 9.80 Å². The van der Waals surface area contributed by atoms with E-state index in [4.69, 9.17) is 14.2 Å². The molecule has 0 saturated carbocycles. The minimum absolute atomic E-state index is 0.0732. The maximum absolute atomic E-state index is 12.8. The average molecular weight is 460 g/mol. The zero-order chi connectivity index (χ0) is 23.3. The zero-order valence-electron chi connectivity index (χ0n) is 19.1. The molecule has 8 nitrogen and oxygen atoms in total. The Bertz CT molecular complexity index is 968. The summed E-state index contributed by atoms with van der Waals surface area (Å²) in [7, 11) is 1.55. The number of amidine groups is 1. The topological polar surface area (TPSA) is 80.7 Å². The maximum Gasteiger partial charge on any atom is 0.338 e. The molecule has 0 N–H and O–H groups in total. The van der Waals surface area contributed by atoms with Gasteiger partial charge in [-0.15, -0.1) is 0 Å². The number of carbonyl (C=O) groups is 2. The number of benzene rings is 1. The van der Waals surface area contributed by atoms with Crippen LogP contribution in [-0.2, 0) is 14.3 Å². The molecule has 1 aromatic carbocycles. The summed E-state index contributed by atoms with van der Waals surface area (Å²) < 4.78 is 16.6. The first-order valence-corrected chi connectivity index (χ1v) is 11.5. The van der Waals surface area contributed by atoms with Gasteiger partial charge in [-0.3, -0.25) is 4.79 Å². The second-order valence-electron chi connectivity index (χ2n) is 7.09. The Labute approximate surface area is 192 Å². The molecule has 1 aromatic rings. The highest BCUT2D eigenvalue weighted by Crippen LogP contribution is 2.43. The number of nitrogens with zero attached hydrogens (tertiary/aromatic N) is 3. The van der Waals surface area contributed by atoms with E-state index in [0.717, 1.165) is 10.7 Å². The van der Waals surface area contributed by atoms with Gasteiger partial charge >= 0.3 is 5.97 Å². The molecule has 2 heterocycles.